The molecule has 0 aliphatic carbocycles. The van der Waals surface area contributed by atoms with Crippen molar-refractivity contribution in [3.8, 4) is 11.5 Å². The van der Waals surface area contributed by atoms with Crippen LogP contribution in [0.3, 0.4) is 0 Å². The number of ether oxygens (including phenoxy) is 1. The van der Waals surface area contributed by atoms with Crippen molar-refractivity contribution in [2.75, 3.05) is 0 Å². The van der Waals surface area contributed by atoms with E-state index in [4.69, 9.17) is 13.6 Å². The largest absolute Gasteiger partial charge is 0.469 e. The Kier molecular flexibility index (Phi) is 3.74. The summed E-state index contributed by atoms with van der Waals surface area (Å²) in [4.78, 5) is 11.8. The van der Waals surface area contributed by atoms with Crippen LogP contribution in [-0.4, -0.2) is 16.2 Å². The lowest BCUT2D eigenvalue weighted by Gasteiger charge is -2.00. The Balaban J connectivity index is 1.67. The lowest BCUT2D eigenvalue weighted by molar-refractivity contribution is 0.0436. The summed E-state index contributed by atoms with van der Waals surface area (Å²) in [5.74, 6) is 0.665. The zero-order valence-electron chi connectivity index (χ0n) is 12.2. The Bertz CT molecular complexity index is 804. The van der Waals surface area contributed by atoms with Crippen LogP contribution in [0.25, 0.3) is 11.5 Å². The third-order valence-corrected chi connectivity index (χ3v) is 3.14. The number of carbonyl (C=O) groups excluding carboxylic acids is 1. The highest BCUT2D eigenvalue weighted by atomic mass is 16.5. The van der Waals surface area contributed by atoms with Crippen molar-refractivity contribution < 1.29 is 18.4 Å². The molecule has 22 heavy (non-hydrogen) atoms. The van der Waals surface area contributed by atoms with Crippen LogP contribution in [0.2, 0.25) is 0 Å². The van der Waals surface area contributed by atoms with Crippen molar-refractivity contribution >= 4 is 5.97 Å². The van der Waals surface area contributed by atoms with Gasteiger partial charge < -0.3 is 13.6 Å². The summed E-state index contributed by atoms with van der Waals surface area (Å²) in [6.07, 6.45) is 1.44. The molecule has 3 aromatic rings. The number of aromatic nitrogens is 2. The quantitative estimate of drug-likeness (QED) is 0.688. The van der Waals surface area contributed by atoms with Gasteiger partial charge >= 0.3 is 5.97 Å². The molecule has 0 spiro atoms. The summed E-state index contributed by atoms with van der Waals surface area (Å²) in [6, 6.07) is 9.28. The van der Waals surface area contributed by atoms with Crippen molar-refractivity contribution in [3.63, 3.8) is 0 Å². The molecule has 0 amide bonds. The van der Waals surface area contributed by atoms with Gasteiger partial charge in [-0.3, -0.25) is 0 Å². The van der Waals surface area contributed by atoms with Crippen LogP contribution in [0.1, 0.15) is 27.6 Å². The Morgan fingerprint density at radius 1 is 1.23 bits per heavy atom. The predicted octanol–water partition coefficient (Wildman–Crippen LogP) is 3.30. The molecule has 0 radical (unpaired) electrons. The highest BCUT2D eigenvalue weighted by Gasteiger charge is 2.15. The van der Waals surface area contributed by atoms with Crippen LogP contribution in [0.4, 0.5) is 0 Å². The van der Waals surface area contributed by atoms with E-state index in [-0.39, 0.29) is 12.5 Å². The number of benzene rings is 1. The number of nitrogens with zero attached hydrogens (tertiary/aromatic N) is 2. The maximum absolute atomic E-state index is 11.8. The summed E-state index contributed by atoms with van der Waals surface area (Å²) >= 11 is 0. The van der Waals surface area contributed by atoms with E-state index in [1.165, 1.54) is 6.26 Å². The molecule has 0 aliphatic heterocycles. The van der Waals surface area contributed by atoms with Crippen molar-refractivity contribution in [1.82, 2.24) is 10.2 Å². The second kappa shape index (κ2) is 5.85. The van der Waals surface area contributed by atoms with Crippen molar-refractivity contribution in [3.05, 3.63) is 59.4 Å². The van der Waals surface area contributed by atoms with E-state index in [1.807, 2.05) is 31.2 Å². The third kappa shape index (κ3) is 2.90. The maximum atomic E-state index is 11.8. The molecule has 0 aliphatic rings. The number of aryl methyl sites for hydroxylation is 2. The first-order valence-corrected chi connectivity index (χ1v) is 6.74. The van der Waals surface area contributed by atoms with Crippen LogP contribution in [0.15, 0.2) is 45.4 Å². The molecule has 0 saturated heterocycles. The lowest BCUT2D eigenvalue weighted by atomic mass is 10.1. The van der Waals surface area contributed by atoms with Gasteiger partial charge in [0.2, 0.25) is 5.89 Å². The second-order valence-corrected chi connectivity index (χ2v) is 4.84. The normalized spacial score (nSPS) is 10.6. The summed E-state index contributed by atoms with van der Waals surface area (Å²) in [7, 11) is 0. The minimum atomic E-state index is -0.485. The van der Waals surface area contributed by atoms with Crippen molar-refractivity contribution in [2.45, 2.75) is 20.5 Å². The number of rotatable bonds is 4. The standard InChI is InChI=1S/C16H14N2O4/c1-10-4-3-5-12(8-10)15-18-17-14(22-15)9-21-16(19)13-6-7-20-11(13)2/h3-8H,9H2,1-2H3. The van der Waals surface area contributed by atoms with E-state index in [0.717, 1.165) is 11.1 Å². The summed E-state index contributed by atoms with van der Waals surface area (Å²) in [5.41, 5.74) is 2.31. The molecule has 1 aromatic carbocycles. The first-order chi connectivity index (χ1) is 10.6. The van der Waals surface area contributed by atoms with Crippen molar-refractivity contribution in [2.24, 2.45) is 0 Å². The van der Waals surface area contributed by atoms with Gasteiger partial charge in [0.1, 0.15) is 11.3 Å². The SMILES string of the molecule is Cc1cccc(-c2nnc(COC(=O)c3ccoc3C)o2)c1. The number of hydrogen-bond donors (Lipinski definition) is 0. The van der Waals surface area contributed by atoms with Gasteiger partial charge in [-0.2, -0.15) is 0 Å². The maximum Gasteiger partial charge on any atom is 0.342 e. The monoisotopic (exact) mass is 298 g/mol. The number of esters is 1. The predicted molar refractivity (Wildman–Crippen MR) is 77.0 cm³/mol. The first kappa shape index (κ1) is 14.1. The molecule has 6 heteroatoms. The Hall–Kier alpha value is -2.89. The average molecular weight is 298 g/mol. The molecular weight excluding hydrogens is 284 g/mol. The van der Waals surface area contributed by atoms with Gasteiger partial charge in [-0.1, -0.05) is 17.7 Å². The van der Waals surface area contributed by atoms with Gasteiger partial charge in [0.25, 0.3) is 5.89 Å². The summed E-state index contributed by atoms with van der Waals surface area (Å²) < 4.78 is 15.7. The molecule has 2 heterocycles. The molecule has 2 aromatic heterocycles. The fourth-order valence-corrected chi connectivity index (χ4v) is 2.01. The van der Waals surface area contributed by atoms with Crippen LogP contribution in [-0.2, 0) is 11.3 Å². The average Bonchev–Trinajstić information content (AvgIpc) is 3.14. The Morgan fingerprint density at radius 2 is 2.09 bits per heavy atom. The lowest BCUT2D eigenvalue weighted by Crippen LogP contribution is -2.05. The molecule has 0 bridgehead atoms. The third-order valence-electron chi connectivity index (χ3n) is 3.14. The van der Waals surface area contributed by atoms with E-state index < -0.39 is 5.97 Å². The highest BCUT2D eigenvalue weighted by Crippen LogP contribution is 2.19. The zero-order chi connectivity index (χ0) is 15.5. The van der Waals surface area contributed by atoms with Crippen LogP contribution in [0, 0.1) is 13.8 Å². The van der Waals surface area contributed by atoms with E-state index >= 15 is 0 Å². The molecule has 112 valence electrons. The van der Waals surface area contributed by atoms with Gasteiger partial charge in [0.15, 0.2) is 6.61 Å². The number of hydrogen-bond acceptors (Lipinski definition) is 6. The summed E-state index contributed by atoms with van der Waals surface area (Å²) in [6.45, 7) is 3.59. The summed E-state index contributed by atoms with van der Waals surface area (Å²) in [5, 5.41) is 7.84. The smallest absolute Gasteiger partial charge is 0.342 e. The zero-order valence-corrected chi connectivity index (χ0v) is 12.2. The van der Waals surface area contributed by atoms with Gasteiger partial charge in [-0.25, -0.2) is 4.79 Å². The van der Waals surface area contributed by atoms with Gasteiger partial charge in [-0.05, 0) is 32.0 Å². The fraction of sp³-hybridized carbons (Fsp3) is 0.188. The number of furan rings is 1. The molecule has 0 saturated carbocycles. The van der Waals surface area contributed by atoms with E-state index in [9.17, 15) is 4.79 Å². The molecule has 0 N–H and O–H groups in total. The van der Waals surface area contributed by atoms with E-state index in [1.54, 1.807) is 13.0 Å². The van der Waals surface area contributed by atoms with Crippen molar-refractivity contribution in [1.29, 1.82) is 0 Å². The number of carbonyl (C=O) groups is 1. The molecule has 6 nitrogen and oxygen atoms in total. The Labute approximate surface area is 126 Å². The molecular formula is C16H14N2O4. The fourth-order valence-electron chi connectivity index (χ4n) is 2.01. The molecule has 0 unspecified atom stereocenters. The van der Waals surface area contributed by atoms with Crippen LogP contribution < -0.4 is 0 Å². The van der Waals surface area contributed by atoms with Gasteiger partial charge in [0.05, 0.1) is 6.26 Å². The Morgan fingerprint density at radius 3 is 2.82 bits per heavy atom. The molecule has 0 fully saturated rings. The topological polar surface area (TPSA) is 78.4 Å². The highest BCUT2D eigenvalue weighted by molar-refractivity contribution is 5.90. The first-order valence-electron chi connectivity index (χ1n) is 6.74. The van der Waals surface area contributed by atoms with Crippen LogP contribution >= 0.6 is 0 Å². The molecule has 3 rings (SSSR count). The van der Waals surface area contributed by atoms with E-state index in [0.29, 0.717) is 17.2 Å². The van der Waals surface area contributed by atoms with Gasteiger partial charge in [-0.15, -0.1) is 10.2 Å². The minimum Gasteiger partial charge on any atom is -0.469 e. The van der Waals surface area contributed by atoms with Crippen LogP contribution in [0.5, 0.6) is 0 Å². The minimum absolute atomic E-state index is 0.0811. The second-order valence-electron chi connectivity index (χ2n) is 4.84. The van der Waals surface area contributed by atoms with E-state index in [2.05, 4.69) is 10.2 Å². The molecule has 0 atom stereocenters. The van der Waals surface area contributed by atoms with Gasteiger partial charge in [0, 0.05) is 5.56 Å².